The van der Waals surface area contributed by atoms with Crippen LogP contribution in [0.25, 0.3) is 5.00 Å². The molecule has 3 aromatic rings. The van der Waals surface area contributed by atoms with E-state index in [2.05, 4.69) is 19.1 Å². The lowest BCUT2D eigenvalue weighted by molar-refractivity contribution is 0.661. The summed E-state index contributed by atoms with van der Waals surface area (Å²) in [5, 5.41) is 10.5. The van der Waals surface area contributed by atoms with Crippen molar-refractivity contribution in [2.75, 3.05) is 0 Å². The molecule has 3 heterocycles. The number of aryl methyl sites for hydroxylation is 2. The Morgan fingerprint density at radius 3 is 2.58 bits per heavy atom. The van der Waals surface area contributed by atoms with E-state index in [1.807, 2.05) is 38.1 Å². The maximum absolute atomic E-state index is 6.07. The zero-order valence-corrected chi connectivity index (χ0v) is 14.8. The molecule has 0 radical (unpaired) electrons. The lowest BCUT2D eigenvalue weighted by Gasteiger charge is -2.09. The first-order valence-electron chi connectivity index (χ1n) is 7.84. The fourth-order valence-corrected chi connectivity index (χ4v) is 4.36. The highest BCUT2D eigenvalue weighted by molar-refractivity contribution is 7.09. The van der Waals surface area contributed by atoms with Crippen molar-refractivity contribution in [1.29, 1.82) is 0 Å². The molecule has 1 spiro atoms. The molecule has 120 valence electrons. The van der Waals surface area contributed by atoms with E-state index in [1.165, 1.54) is 11.5 Å². The maximum atomic E-state index is 6.07. The molecular formula is C17H14ClN5S. The Morgan fingerprint density at radius 1 is 1.12 bits per heavy atom. The van der Waals surface area contributed by atoms with E-state index < -0.39 is 0 Å². The number of hydrogen-bond acceptors (Lipinski definition) is 5. The van der Waals surface area contributed by atoms with Crippen LogP contribution >= 0.6 is 23.1 Å². The number of rotatable bonds is 1. The number of halogens is 1. The second kappa shape index (κ2) is 4.74. The van der Waals surface area contributed by atoms with Gasteiger partial charge in [0.1, 0.15) is 16.4 Å². The van der Waals surface area contributed by atoms with Crippen LogP contribution in [0, 0.1) is 13.8 Å². The summed E-state index contributed by atoms with van der Waals surface area (Å²) in [4.78, 5) is 5.16. The molecule has 1 aliphatic heterocycles. The highest BCUT2D eigenvalue weighted by Gasteiger charge is 2.51. The van der Waals surface area contributed by atoms with Crippen molar-refractivity contribution in [3.8, 4) is 5.00 Å². The van der Waals surface area contributed by atoms with E-state index in [0.717, 1.165) is 57.0 Å². The molecule has 0 unspecified atom stereocenters. The first-order valence-corrected chi connectivity index (χ1v) is 8.99. The summed E-state index contributed by atoms with van der Waals surface area (Å²) in [7, 11) is 0. The van der Waals surface area contributed by atoms with Crippen molar-refractivity contribution < 1.29 is 0 Å². The van der Waals surface area contributed by atoms with Gasteiger partial charge in [0.15, 0.2) is 5.82 Å². The molecule has 1 aromatic carbocycles. The van der Waals surface area contributed by atoms with E-state index in [9.17, 15) is 0 Å². The molecule has 0 atom stereocenters. The summed E-state index contributed by atoms with van der Waals surface area (Å²) in [6.45, 7) is 4.02. The van der Waals surface area contributed by atoms with Crippen molar-refractivity contribution in [3.05, 3.63) is 57.8 Å². The summed E-state index contributed by atoms with van der Waals surface area (Å²) in [5.41, 5.74) is 3.86. The number of aliphatic imine (C=N–C) groups is 1. The zero-order chi connectivity index (χ0) is 16.5. The van der Waals surface area contributed by atoms with Gasteiger partial charge in [-0.3, -0.25) is 9.56 Å². The molecule has 0 bridgehead atoms. The molecule has 1 fully saturated rings. The first kappa shape index (κ1) is 14.3. The Kier molecular flexibility index (Phi) is 2.82. The maximum Gasteiger partial charge on any atom is 0.166 e. The largest absolute Gasteiger partial charge is 0.270 e. The molecule has 5 rings (SSSR count). The van der Waals surface area contributed by atoms with Crippen molar-refractivity contribution in [2.45, 2.75) is 32.2 Å². The fraction of sp³-hybridized carbons (Fsp3) is 0.294. The van der Waals surface area contributed by atoms with Gasteiger partial charge in [0, 0.05) is 10.6 Å². The Morgan fingerprint density at radius 2 is 1.88 bits per heavy atom. The highest BCUT2D eigenvalue weighted by atomic mass is 35.5. The number of hydrogen-bond donors (Lipinski definition) is 0. The SMILES string of the molecule is Cc1nsc2c1C(c1ccc(Cl)cc1)=NC1(CC1)c1nnc(C)n1-2. The molecule has 1 saturated carbocycles. The van der Waals surface area contributed by atoms with E-state index >= 15 is 0 Å². The van der Waals surface area contributed by atoms with Gasteiger partial charge in [-0.05, 0) is 50.4 Å². The summed E-state index contributed by atoms with van der Waals surface area (Å²) < 4.78 is 6.72. The monoisotopic (exact) mass is 355 g/mol. The molecule has 7 heteroatoms. The minimum atomic E-state index is -0.249. The number of nitrogens with zero attached hydrogens (tertiary/aromatic N) is 5. The molecule has 0 saturated heterocycles. The number of fused-ring (bicyclic) bond motifs is 4. The molecule has 24 heavy (non-hydrogen) atoms. The summed E-state index contributed by atoms with van der Waals surface area (Å²) >= 11 is 7.55. The average Bonchev–Trinajstić information content (AvgIpc) is 3.14. The predicted molar refractivity (Wildman–Crippen MR) is 94.5 cm³/mol. The smallest absolute Gasteiger partial charge is 0.166 e. The van der Waals surface area contributed by atoms with Crippen LogP contribution in [0.5, 0.6) is 0 Å². The van der Waals surface area contributed by atoms with Crippen LogP contribution in [0.4, 0.5) is 0 Å². The van der Waals surface area contributed by atoms with Crippen LogP contribution in [-0.2, 0) is 5.54 Å². The molecule has 1 aliphatic carbocycles. The van der Waals surface area contributed by atoms with E-state index in [-0.39, 0.29) is 5.54 Å². The zero-order valence-electron chi connectivity index (χ0n) is 13.2. The standard InChI is InChI=1S/C17H14ClN5S/c1-9-13-14(11-3-5-12(18)6-4-11)19-17(7-8-17)16-21-20-10(2)23(16)15(13)24-22-9/h3-6H,7-8H2,1-2H3. The summed E-state index contributed by atoms with van der Waals surface area (Å²) in [6.07, 6.45) is 2.01. The third-order valence-electron chi connectivity index (χ3n) is 4.69. The van der Waals surface area contributed by atoms with Crippen molar-refractivity contribution >= 4 is 28.8 Å². The van der Waals surface area contributed by atoms with Gasteiger partial charge in [-0.15, -0.1) is 10.2 Å². The quantitative estimate of drug-likeness (QED) is 0.666. The number of aromatic nitrogens is 4. The minimum absolute atomic E-state index is 0.249. The van der Waals surface area contributed by atoms with Crippen LogP contribution in [0.15, 0.2) is 29.3 Å². The Balaban J connectivity index is 1.84. The summed E-state index contributed by atoms with van der Waals surface area (Å²) in [6, 6.07) is 7.86. The topological polar surface area (TPSA) is 56.0 Å². The molecule has 2 aromatic heterocycles. The van der Waals surface area contributed by atoms with E-state index in [0.29, 0.717) is 0 Å². The van der Waals surface area contributed by atoms with Gasteiger partial charge in [0.25, 0.3) is 0 Å². The summed E-state index contributed by atoms with van der Waals surface area (Å²) in [5.74, 6) is 1.82. The average molecular weight is 356 g/mol. The highest BCUT2D eigenvalue weighted by Crippen LogP contribution is 2.52. The predicted octanol–water partition coefficient (Wildman–Crippen LogP) is 3.83. The Labute approximate surface area is 148 Å². The van der Waals surface area contributed by atoms with Gasteiger partial charge in [0.2, 0.25) is 0 Å². The van der Waals surface area contributed by atoms with E-state index in [4.69, 9.17) is 16.6 Å². The lowest BCUT2D eigenvalue weighted by atomic mass is 10.0. The fourth-order valence-electron chi connectivity index (χ4n) is 3.28. The van der Waals surface area contributed by atoms with Gasteiger partial charge < -0.3 is 0 Å². The van der Waals surface area contributed by atoms with Gasteiger partial charge in [0.05, 0.1) is 17.0 Å². The third kappa shape index (κ3) is 1.87. The van der Waals surface area contributed by atoms with Gasteiger partial charge >= 0.3 is 0 Å². The number of benzene rings is 1. The lowest BCUT2D eigenvalue weighted by Crippen LogP contribution is -2.11. The molecule has 5 nitrogen and oxygen atoms in total. The second-order valence-corrected chi connectivity index (χ2v) is 7.54. The Bertz CT molecular complexity index is 995. The van der Waals surface area contributed by atoms with Crippen LogP contribution in [-0.4, -0.2) is 24.8 Å². The van der Waals surface area contributed by atoms with Crippen molar-refractivity contribution in [1.82, 2.24) is 19.1 Å². The van der Waals surface area contributed by atoms with Crippen molar-refractivity contribution in [2.24, 2.45) is 4.99 Å². The molecule has 0 amide bonds. The Hall–Kier alpha value is -2.05. The normalized spacial score (nSPS) is 17.2. The first-order chi connectivity index (χ1) is 11.6. The van der Waals surface area contributed by atoms with E-state index in [1.54, 1.807) is 0 Å². The molecular weight excluding hydrogens is 342 g/mol. The molecule has 2 aliphatic rings. The second-order valence-electron chi connectivity index (χ2n) is 6.35. The third-order valence-corrected chi connectivity index (χ3v) is 5.87. The molecule has 0 N–H and O–H groups in total. The van der Waals surface area contributed by atoms with Crippen LogP contribution in [0.3, 0.4) is 0 Å². The van der Waals surface area contributed by atoms with Gasteiger partial charge in [-0.25, -0.2) is 0 Å². The van der Waals surface area contributed by atoms with Gasteiger partial charge in [-0.2, -0.15) is 4.37 Å². The van der Waals surface area contributed by atoms with Crippen LogP contribution in [0.1, 0.15) is 41.3 Å². The van der Waals surface area contributed by atoms with Gasteiger partial charge in [-0.1, -0.05) is 23.7 Å². The van der Waals surface area contributed by atoms with Crippen LogP contribution < -0.4 is 0 Å². The van der Waals surface area contributed by atoms with Crippen LogP contribution in [0.2, 0.25) is 5.02 Å². The van der Waals surface area contributed by atoms with Crippen molar-refractivity contribution in [3.63, 3.8) is 0 Å². The minimum Gasteiger partial charge on any atom is -0.270 e.